The van der Waals surface area contributed by atoms with E-state index in [1.54, 1.807) is 97.9 Å². The smallest absolute Gasteiger partial charge is 0.272 e. The van der Waals surface area contributed by atoms with Crippen molar-refractivity contribution in [3.63, 3.8) is 0 Å². The zero-order valence-electron chi connectivity index (χ0n) is 23.4. The fourth-order valence-corrected chi connectivity index (χ4v) is 5.36. The standard InChI is InChI=1S/C33H29Cl2N3O4S/c1-3-42-28-14-12-22(13-15-28)16-30(38-32(40)23-8-5-4-6-9-23)33(41)36-26-10-7-11-29(20-26)43-21(2)31(39)37-27-18-24(34)17-25(35)19-27/h4-21H,3H2,1-2H3,(H,36,41)(H,37,39)(H,38,40)/b30-16+. The second kappa shape index (κ2) is 15.3. The maximum atomic E-state index is 13.4. The van der Waals surface area contributed by atoms with Gasteiger partial charge in [0.15, 0.2) is 0 Å². The molecule has 0 fully saturated rings. The lowest BCUT2D eigenvalue weighted by atomic mass is 10.1. The normalized spacial score (nSPS) is 11.8. The van der Waals surface area contributed by atoms with Crippen LogP contribution in [-0.4, -0.2) is 29.6 Å². The Labute approximate surface area is 264 Å². The van der Waals surface area contributed by atoms with Crippen LogP contribution in [0, 0.1) is 0 Å². The lowest BCUT2D eigenvalue weighted by molar-refractivity contribution is -0.115. The van der Waals surface area contributed by atoms with Crippen molar-refractivity contribution < 1.29 is 19.1 Å². The van der Waals surface area contributed by atoms with Gasteiger partial charge in [0.2, 0.25) is 5.91 Å². The summed E-state index contributed by atoms with van der Waals surface area (Å²) in [6.45, 7) is 4.21. The van der Waals surface area contributed by atoms with E-state index in [9.17, 15) is 14.4 Å². The number of hydrogen-bond acceptors (Lipinski definition) is 5. The Hall–Kier alpha value is -4.24. The van der Waals surface area contributed by atoms with Gasteiger partial charge < -0.3 is 20.7 Å². The Balaban J connectivity index is 1.48. The molecule has 4 aromatic rings. The molecule has 1 unspecified atom stereocenters. The fourth-order valence-electron chi connectivity index (χ4n) is 3.91. The van der Waals surface area contributed by atoms with Crippen LogP contribution in [0.25, 0.3) is 6.08 Å². The number of halogens is 2. The van der Waals surface area contributed by atoms with Gasteiger partial charge in [-0.1, -0.05) is 59.6 Å². The molecule has 0 spiro atoms. The van der Waals surface area contributed by atoms with Crippen molar-refractivity contribution in [2.45, 2.75) is 24.0 Å². The van der Waals surface area contributed by atoms with E-state index in [2.05, 4.69) is 16.0 Å². The van der Waals surface area contributed by atoms with E-state index in [1.165, 1.54) is 11.8 Å². The summed E-state index contributed by atoms with van der Waals surface area (Å²) in [6, 6.07) is 27.8. The van der Waals surface area contributed by atoms with Crippen LogP contribution in [0.2, 0.25) is 10.0 Å². The molecule has 0 aliphatic heterocycles. The lowest BCUT2D eigenvalue weighted by Crippen LogP contribution is -2.30. The first-order valence-electron chi connectivity index (χ1n) is 13.4. The van der Waals surface area contributed by atoms with Crippen LogP contribution in [0.5, 0.6) is 5.75 Å². The summed E-state index contributed by atoms with van der Waals surface area (Å²) in [7, 11) is 0. The van der Waals surface area contributed by atoms with Crippen molar-refractivity contribution in [2.75, 3.05) is 17.2 Å². The van der Waals surface area contributed by atoms with Gasteiger partial charge in [-0.3, -0.25) is 14.4 Å². The van der Waals surface area contributed by atoms with E-state index < -0.39 is 17.1 Å². The molecule has 3 amide bonds. The minimum Gasteiger partial charge on any atom is -0.494 e. The molecule has 3 N–H and O–H groups in total. The highest BCUT2D eigenvalue weighted by molar-refractivity contribution is 8.00. The van der Waals surface area contributed by atoms with Gasteiger partial charge in [-0.2, -0.15) is 0 Å². The van der Waals surface area contributed by atoms with Gasteiger partial charge in [-0.25, -0.2) is 0 Å². The van der Waals surface area contributed by atoms with E-state index in [1.807, 2.05) is 19.1 Å². The maximum Gasteiger partial charge on any atom is 0.272 e. The van der Waals surface area contributed by atoms with Crippen LogP contribution in [0.4, 0.5) is 11.4 Å². The maximum absolute atomic E-state index is 13.4. The highest BCUT2D eigenvalue weighted by Crippen LogP contribution is 2.28. The van der Waals surface area contributed by atoms with Crippen molar-refractivity contribution in [2.24, 2.45) is 0 Å². The van der Waals surface area contributed by atoms with E-state index in [0.717, 1.165) is 4.90 Å². The number of hydrogen-bond donors (Lipinski definition) is 3. The van der Waals surface area contributed by atoms with Crippen molar-refractivity contribution in [1.82, 2.24) is 5.32 Å². The van der Waals surface area contributed by atoms with Crippen molar-refractivity contribution in [3.8, 4) is 5.75 Å². The number of ether oxygens (including phenoxy) is 1. The van der Waals surface area contributed by atoms with E-state index in [0.29, 0.717) is 44.9 Å². The topological polar surface area (TPSA) is 96.5 Å². The van der Waals surface area contributed by atoms with Gasteiger partial charge in [-0.15, -0.1) is 11.8 Å². The Kier molecular flexibility index (Phi) is 11.3. The SMILES string of the molecule is CCOc1ccc(/C=C(/NC(=O)c2ccccc2)C(=O)Nc2cccc(SC(C)C(=O)Nc3cc(Cl)cc(Cl)c3)c2)cc1. The number of nitrogens with one attached hydrogen (secondary N) is 3. The highest BCUT2D eigenvalue weighted by atomic mass is 35.5. The summed E-state index contributed by atoms with van der Waals surface area (Å²) < 4.78 is 5.50. The predicted molar refractivity (Wildman–Crippen MR) is 175 cm³/mol. The zero-order valence-corrected chi connectivity index (χ0v) is 25.7. The lowest BCUT2D eigenvalue weighted by Gasteiger charge is -2.14. The number of anilines is 2. The summed E-state index contributed by atoms with van der Waals surface area (Å²) in [4.78, 5) is 39.9. The molecule has 0 aromatic heterocycles. The molecule has 1 atom stereocenters. The molecule has 0 radical (unpaired) electrons. The molecule has 10 heteroatoms. The summed E-state index contributed by atoms with van der Waals surface area (Å²) in [5, 5.41) is 8.78. The van der Waals surface area contributed by atoms with Crippen molar-refractivity contribution in [1.29, 1.82) is 0 Å². The van der Waals surface area contributed by atoms with Crippen LogP contribution in [0.15, 0.2) is 108 Å². The van der Waals surface area contributed by atoms with Crippen molar-refractivity contribution in [3.05, 3.63) is 124 Å². The van der Waals surface area contributed by atoms with E-state index in [4.69, 9.17) is 27.9 Å². The third kappa shape index (κ3) is 9.64. The second-order valence-corrected chi connectivity index (χ2v) is 11.6. The number of rotatable bonds is 11. The predicted octanol–water partition coefficient (Wildman–Crippen LogP) is 7.92. The number of carbonyl (C=O) groups excluding carboxylic acids is 3. The Morgan fingerprint density at radius 3 is 2.21 bits per heavy atom. The number of amides is 3. The fraction of sp³-hybridized carbons (Fsp3) is 0.121. The molecule has 0 bridgehead atoms. The first-order chi connectivity index (χ1) is 20.7. The second-order valence-electron chi connectivity index (χ2n) is 9.27. The number of carbonyl (C=O) groups is 3. The van der Waals surface area contributed by atoms with Crippen LogP contribution in [0.1, 0.15) is 29.8 Å². The van der Waals surface area contributed by atoms with Gasteiger partial charge in [-0.05, 0) is 86.2 Å². The highest BCUT2D eigenvalue weighted by Gasteiger charge is 2.18. The molecule has 7 nitrogen and oxygen atoms in total. The third-order valence-corrected chi connectivity index (χ3v) is 7.47. The molecule has 220 valence electrons. The summed E-state index contributed by atoms with van der Waals surface area (Å²) in [5.41, 5.74) is 2.17. The van der Waals surface area contributed by atoms with Gasteiger partial charge in [0.05, 0.1) is 11.9 Å². The molecule has 4 rings (SSSR count). The molecular weight excluding hydrogens is 605 g/mol. The van der Waals surface area contributed by atoms with Gasteiger partial charge in [0, 0.05) is 31.9 Å². The monoisotopic (exact) mass is 633 g/mol. The molecule has 4 aromatic carbocycles. The van der Waals surface area contributed by atoms with Crippen LogP contribution < -0.4 is 20.7 Å². The molecule has 0 saturated heterocycles. The summed E-state index contributed by atoms with van der Waals surface area (Å²) in [5.74, 6) is -0.462. The average molecular weight is 635 g/mol. The van der Waals surface area contributed by atoms with Gasteiger partial charge in [0.1, 0.15) is 11.4 Å². The third-order valence-electron chi connectivity index (χ3n) is 5.93. The van der Waals surface area contributed by atoms with Crippen LogP contribution in [0.3, 0.4) is 0 Å². The average Bonchev–Trinajstić information content (AvgIpc) is 2.98. The molecule has 0 aliphatic rings. The first kappa shape index (κ1) is 31.7. The number of thioether (sulfide) groups is 1. The quantitative estimate of drug-likeness (QED) is 0.115. The Bertz CT molecular complexity index is 1610. The number of benzene rings is 4. The Morgan fingerprint density at radius 1 is 0.837 bits per heavy atom. The minimum absolute atomic E-state index is 0.0593. The molecule has 0 saturated carbocycles. The van der Waals surface area contributed by atoms with Crippen LogP contribution in [-0.2, 0) is 9.59 Å². The first-order valence-corrected chi connectivity index (χ1v) is 15.0. The molecule has 0 aliphatic carbocycles. The summed E-state index contributed by atoms with van der Waals surface area (Å²) >= 11 is 13.4. The summed E-state index contributed by atoms with van der Waals surface area (Å²) in [6.07, 6.45) is 1.60. The van der Waals surface area contributed by atoms with Gasteiger partial charge >= 0.3 is 0 Å². The van der Waals surface area contributed by atoms with Crippen molar-refractivity contribution >= 4 is 70.1 Å². The van der Waals surface area contributed by atoms with E-state index in [-0.39, 0.29) is 11.6 Å². The largest absolute Gasteiger partial charge is 0.494 e. The molecular formula is C33H29Cl2N3O4S. The molecule has 0 heterocycles. The molecule has 43 heavy (non-hydrogen) atoms. The van der Waals surface area contributed by atoms with E-state index >= 15 is 0 Å². The zero-order chi connectivity index (χ0) is 30.8. The minimum atomic E-state index is -0.510. The van der Waals surface area contributed by atoms with Crippen LogP contribution >= 0.6 is 35.0 Å². The van der Waals surface area contributed by atoms with Gasteiger partial charge in [0.25, 0.3) is 11.8 Å². The Morgan fingerprint density at radius 2 is 1.53 bits per heavy atom.